The van der Waals surface area contributed by atoms with Crippen molar-refractivity contribution in [2.75, 3.05) is 26.2 Å². The van der Waals surface area contributed by atoms with Crippen molar-refractivity contribution in [2.24, 2.45) is 11.8 Å². The number of aromatic nitrogens is 2. The molecule has 2 atom stereocenters. The van der Waals surface area contributed by atoms with Crippen LogP contribution in [0.15, 0.2) is 42.7 Å². The van der Waals surface area contributed by atoms with Crippen molar-refractivity contribution in [3.8, 4) is 5.69 Å². The second-order valence-corrected chi connectivity index (χ2v) is 6.55. The number of hydrogen-bond acceptors (Lipinski definition) is 3. The summed E-state index contributed by atoms with van der Waals surface area (Å²) in [6, 6.07) is 9.62. The highest BCUT2D eigenvalue weighted by Crippen LogP contribution is 2.27. The first-order valence-electron chi connectivity index (χ1n) is 8.41. The minimum absolute atomic E-state index is 0. The summed E-state index contributed by atoms with van der Waals surface area (Å²) >= 11 is 0. The molecule has 0 radical (unpaired) electrons. The molecule has 0 spiro atoms. The first-order valence-corrected chi connectivity index (χ1v) is 8.41. The van der Waals surface area contributed by atoms with Gasteiger partial charge in [0.15, 0.2) is 0 Å². The molecule has 0 aliphatic carbocycles. The summed E-state index contributed by atoms with van der Waals surface area (Å²) in [7, 11) is 0. The van der Waals surface area contributed by atoms with E-state index in [9.17, 15) is 4.79 Å². The molecule has 128 valence electrons. The minimum Gasteiger partial charge on any atom is -0.339 e. The predicted octanol–water partition coefficient (Wildman–Crippen LogP) is 2.37. The van der Waals surface area contributed by atoms with Crippen LogP contribution in [0.25, 0.3) is 5.69 Å². The second kappa shape index (κ2) is 7.36. The summed E-state index contributed by atoms with van der Waals surface area (Å²) in [6.45, 7) is 3.99. The predicted molar refractivity (Wildman–Crippen MR) is 95.8 cm³/mol. The molecule has 2 fully saturated rings. The number of fused-ring (bicyclic) bond motifs is 1. The van der Waals surface area contributed by atoms with Crippen LogP contribution in [-0.4, -0.2) is 46.8 Å². The van der Waals surface area contributed by atoms with Crippen LogP contribution in [0.4, 0.5) is 0 Å². The van der Waals surface area contributed by atoms with Gasteiger partial charge in [-0.2, -0.15) is 5.10 Å². The molecule has 3 heterocycles. The van der Waals surface area contributed by atoms with Crippen molar-refractivity contribution in [2.45, 2.75) is 12.8 Å². The molecule has 1 aromatic carbocycles. The SMILES string of the molecule is Cl.O=C(c1ccc(-n2cccn2)cc1)N1CC[C@@H]2CNC[C@@H]2CC1. The molecule has 0 unspecified atom stereocenters. The molecule has 1 aromatic heterocycles. The minimum atomic E-state index is 0. The Bertz CT molecular complexity index is 657. The van der Waals surface area contributed by atoms with Crippen LogP contribution in [0.1, 0.15) is 23.2 Å². The number of halogens is 1. The molecule has 1 N–H and O–H groups in total. The highest BCUT2D eigenvalue weighted by atomic mass is 35.5. The lowest BCUT2D eigenvalue weighted by molar-refractivity contribution is 0.0758. The fourth-order valence-electron chi connectivity index (χ4n) is 3.78. The maximum Gasteiger partial charge on any atom is 0.253 e. The highest BCUT2D eigenvalue weighted by molar-refractivity contribution is 5.94. The highest BCUT2D eigenvalue weighted by Gasteiger charge is 2.31. The van der Waals surface area contributed by atoms with Gasteiger partial charge in [-0.05, 0) is 68.1 Å². The third-order valence-corrected chi connectivity index (χ3v) is 5.19. The van der Waals surface area contributed by atoms with Gasteiger partial charge in [0.05, 0.1) is 5.69 Å². The van der Waals surface area contributed by atoms with Crippen LogP contribution >= 0.6 is 12.4 Å². The number of carbonyl (C=O) groups excluding carboxylic acids is 1. The standard InChI is InChI=1S/C18H22N4O.ClH/c23-18(21-10-6-15-12-19-13-16(15)7-11-21)14-2-4-17(5-3-14)22-9-1-8-20-22;/h1-5,8-9,15-16,19H,6-7,10-13H2;1H/t15-,16+;. The topological polar surface area (TPSA) is 50.2 Å². The number of nitrogens with zero attached hydrogens (tertiary/aromatic N) is 3. The number of carbonyl (C=O) groups is 1. The fraction of sp³-hybridized carbons (Fsp3) is 0.444. The van der Waals surface area contributed by atoms with E-state index < -0.39 is 0 Å². The summed E-state index contributed by atoms with van der Waals surface area (Å²) in [4.78, 5) is 14.8. The van der Waals surface area contributed by atoms with Crippen molar-refractivity contribution in [1.29, 1.82) is 0 Å². The van der Waals surface area contributed by atoms with Gasteiger partial charge in [-0.1, -0.05) is 0 Å². The van der Waals surface area contributed by atoms with Crippen molar-refractivity contribution >= 4 is 18.3 Å². The van der Waals surface area contributed by atoms with Gasteiger partial charge in [0.1, 0.15) is 0 Å². The molecule has 6 heteroatoms. The molecule has 0 saturated carbocycles. The normalized spacial score (nSPS) is 23.2. The van der Waals surface area contributed by atoms with Gasteiger partial charge >= 0.3 is 0 Å². The number of rotatable bonds is 2. The largest absolute Gasteiger partial charge is 0.339 e. The zero-order valence-corrected chi connectivity index (χ0v) is 14.4. The number of likely N-dealkylation sites (tertiary alicyclic amines) is 1. The van der Waals surface area contributed by atoms with Gasteiger partial charge in [-0.25, -0.2) is 4.68 Å². The zero-order chi connectivity index (χ0) is 15.6. The molecule has 24 heavy (non-hydrogen) atoms. The molecule has 4 rings (SSSR count). The first kappa shape index (κ1) is 17.0. The monoisotopic (exact) mass is 346 g/mol. The van der Waals surface area contributed by atoms with Crippen LogP contribution in [0.2, 0.25) is 0 Å². The lowest BCUT2D eigenvalue weighted by atomic mass is 9.92. The smallest absolute Gasteiger partial charge is 0.253 e. The Hall–Kier alpha value is -1.85. The fourth-order valence-corrected chi connectivity index (χ4v) is 3.78. The maximum atomic E-state index is 12.8. The maximum absolute atomic E-state index is 12.8. The van der Waals surface area contributed by atoms with Crippen LogP contribution in [0, 0.1) is 11.8 Å². The summed E-state index contributed by atoms with van der Waals surface area (Å²) in [6.07, 6.45) is 5.89. The quantitative estimate of drug-likeness (QED) is 0.908. The number of benzene rings is 1. The Labute approximate surface area is 148 Å². The van der Waals surface area contributed by atoms with E-state index in [0.29, 0.717) is 0 Å². The molecule has 2 aliphatic heterocycles. The Morgan fingerprint density at radius 3 is 2.33 bits per heavy atom. The van der Waals surface area contributed by atoms with Crippen molar-refractivity contribution in [3.63, 3.8) is 0 Å². The van der Waals surface area contributed by atoms with E-state index in [1.807, 2.05) is 41.4 Å². The lowest BCUT2D eigenvalue weighted by Gasteiger charge is -2.21. The first-order chi connectivity index (χ1) is 11.3. The van der Waals surface area contributed by atoms with E-state index in [0.717, 1.165) is 62.1 Å². The molecule has 2 aromatic rings. The molecular formula is C18H23ClN4O. The van der Waals surface area contributed by atoms with Crippen molar-refractivity contribution < 1.29 is 4.79 Å². The van der Waals surface area contributed by atoms with E-state index in [4.69, 9.17) is 0 Å². The molecule has 0 bridgehead atoms. The van der Waals surface area contributed by atoms with E-state index in [-0.39, 0.29) is 18.3 Å². The lowest BCUT2D eigenvalue weighted by Crippen LogP contribution is -2.32. The third kappa shape index (κ3) is 3.32. The Morgan fingerprint density at radius 1 is 1.08 bits per heavy atom. The van der Waals surface area contributed by atoms with Crippen LogP contribution in [0.5, 0.6) is 0 Å². The summed E-state index contributed by atoms with van der Waals surface area (Å²) in [5.41, 5.74) is 1.74. The van der Waals surface area contributed by atoms with Gasteiger partial charge in [0.2, 0.25) is 0 Å². The van der Waals surface area contributed by atoms with Gasteiger partial charge in [-0.15, -0.1) is 12.4 Å². The number of hydrogen-bond donors (Lipinski definition) is 1. The average Bonchev–Trinajstić information content (AvgIpc) is 3.24. The number of amides is 1. The Kier molecular flexibility index (Phi) is 5.21. The van der Waals surface area contributed by atoms with Crippen LogP contribution < -0.4 is 5.32 Å². The van der Waals surface area contributed by atoms with Gasteiger partial charge in [0.25, 0.3) is 5.91 Å². The molecular weight excluding hydrogens is 324 g/mol. The van der Waals surface area contributed by atoms with E-state index in [1.54, 1.807) is 10.9 Å². The third-order valence-electron chi connectivity index (χ3n) is 5.19. The molecule has 1 amide bonds. The summed E-state index contributed by atoms with van der Waals surface area (Å²) < 4.78 is 1.80. The van der Waals surface area contributed by atoms with Crippen LogP contribution in [0.3, 0.4) is 0 Å². The molecule has 2 aliphatic rings. The molecule has 2 saturated heterocycles. The molecule has 5 nitrogen and oxygen atoms in total. The summed E-state index contributed by atoms with van der Waals surface area (Å²) in [5, 5.41) is 7.69. The van der Waals surface area contributed by atoms with E-state index >= 15 is 0 Å². The number of nitrogens with one attached hydrogen (secondary N) is 1. The van der Waals surface area contributed by atoms with Crippen LogP contribution in [-0.2, 0) is 0 Å². The zero-order valence-electron chi connectivity index (χ0n) is 13.6. The van der Waals surface area contributed by atoms with Crippen molar-refractivity contribution in [1.82, 2.24) is 20.0 Å². The Balaban J connectivity index is 0.00000169. The Morgan fingerprint density at radius 2 is 1.75 bits per heavy atom. The average molecular weight is 347 g/mol. The summed E-state index contributed by atoms with van der Waals surface area (Å²) in [5.74, 6) is 1.65. The van der Waals surface area contributed by atoms with Gasteiger partial charge in [-0.3, -0.25) is 4.79 Å². The second-order valence-electron chi connectivity index (χ2n) is 6.55. The van der Waals surface area contributed by atoms with E-state index in [2.05, 4.69) is 10.4 Å². The van der Waals surface area contributed by atoms with E-state index in [1.165, 1.54) is 0 Å². The van der Waals surface area contributed by atoms with Gasteiger partial charge < -0.3 is 10.2 Å². The van der Waals surface area contributed by atoms with Gasteiger partial charge in [0, 0.05) is 31.0 Å². The van der Waals surface area contributed by atoms with Crippen molar-refractivity contribution in [3.05, 3.63) is 48.3 Å².